The standard InChI is InChI=1S/C28H29N3O6/c1-2-29-12-14-30(15-13-29)28(34)26-11-9-22(37-26)17-31-23-16-20(8-10-25(23)36-19-27(31)33)24(32)18-35-21-6-4-3-5-7-21/h3-11,16H,2,12-15,17-19H2,1H3. The minimum atomic E-state index is -0.266. The number of ether oxygens (including phenoxy) is 2. The topological polar surface area (TPSA) is 92.5 Å². The number of ketones is 1. The largest absolute Gasteiger partial charge is 0.485 e. The number of anilines is 1. The molecule has 9 nitrogen and oxygen atoms in total. The number of nitrogens with zero attached hydrogens (tertiary/aromatic N) is 3. The first-order chi connectivity index (χ1) is 18.0. The van der Waals surface area contributed by atoms with Crippen molar-refractivity contribution in [2.24, 2.45) is 0 Å². The summed E-state index contributed by atoms with van der Waals surface area (Å²) in [7, 11) is 0. The second-order valence-electron chi connectivity index (χ2n) is 8.97. The molecule has 0 atom stereocenters. The van der Waals surface area contributed by atoms with E-state index < -0.39 is 0 Å². The van der Waals surface area contributed by atoms with E-state index in [0.29, 0.717) is 41.6 Å². The van der Waals surface area contributed by atoms with Crippen molar-refractivity contribution in [3.63, 3.8) is 0 Å². The highest BCUT2D eigenvalue weighted by Gasteiger charge is 2.29. The van der Waals surface area contributed by atoms with Gasteiger partial charge in [-0.05, 0) is 49.0 Å². The van der Waals surface area contributed by atoms with Crippen molar-refractivity contribution in [3.8, 4) is 11.5 Å². The normalized spacial score (nSPS) is 15.8. The molecule has 1 fully saturated rings. The van der Waals surface area contributed by atoms with E-state index in [1.54, 1.807) is 47.4 Å². The number of hydrogen-bond donors (Lipinski definition) is 0. The minimum Gasteiger partial charge on any atom is -0.485 e. The van der Waals surface area contributed by atoms with Gasteiger partial charge in [0.1, 0.15) is 17.3 Å². The van der Waals surface area contributed by atoms with Gasteiger partial charge in [-0.1, -0.05) is 25.1 Å². The van der Waals surface area contributed by atoms with Crippen LogP contribution in [0.1, 0.15) is 33.6 Å². The first-order valence-corrected chi connectivity index (χ1v) is 12.4. The lowest BCUT2D eigenvalue weighted by Crippen LogP contribution is -2.48. The van der Waals surface area contributed by atoms with Gasteiger partial charge >= 0.3 is 0 Å². The van der Waals surface area contributed by atoms with Crippen LogP contribution in [0.2, 0.25) is 0 Å². The zero-order chi connectivity index (χ0) is 25.8. The summed E-state index contributed by atoms with van der Waals surface area (Å²) in [6.07, 6.45) is 0. The fourth-order valence-electron chi connectivity index (χ4n) is 4.45. The maximum atomic E-state index is 12.9. The number of Topliss-reactive ketones (excluding diaryl/α,β-unsaturated/α-hetero) is 1. The maximum Gasteiger partial charge on any atom is 0.289 e. The Morgan fingerprint density at radius 3 is 2.51 bits per heavy atom. The van der Waals surface area contributed by atoms with Crippen LogP contribution in [0.3, 0.4) is 0 Å². The molecule has 3 aromatic rings. The van der Waals surface area contributed by atoms with Crippen LogP contribution in [0.15, 0.2) is 65.1 Å². The fourth-order valence-corrected chi connectivity index (χ4v) is 4.45. The molecule has 9 heteroatoms. The lowest BCUT2D eigenvalue weighted by Gasteiger charge is -2.33. The van der Waals surface area contributed by atoms with E-state index in [1.807, 2.05) is 18.2 Å². The van der Waals surface area contributed by atoms with Crippen LogP contribution in [0.4, 0.5) is 5.69 Å². The maximum absolute atomic E-state index is 12.9. The summed E-state index contributed by atoms with van der Waals surface area (Å²) in [5.41, 5.74) is 0.876. The van der Waals surface area contributed by atoms with E-state index in [0.717, 1.165) is 19.6 Å². The number of likely N-dealkylation sites (N-methyl/N-ethyl adjacent to an activating group) is 1. The number of furan rings is 1. The molecule has 0 unspecified atom stereocenters. The Labute approximate surface area is 215 Å². The monoisotopic (exact) mass is 503 g/mol. The van der Waals surface area contributed by atoms with Gasteiger partial charge < -0.3 is 23.7 Å². The summed E-state index contributed by atoms with van der Waals surface area (Å²) >= 11 is 0. The molecule has 3 heterocycles. The highest BCUT2D eigenvalue weighted by atomic mass is 16.5. The number of hydrogen-bond acceptors (Lipinski definition) is 7. The lowest BCUT2D eigenvalue weighted by molar-refractivity contribution is -0.121. The molecule has 2 aliphatic rings. The fraction of sp³-hybridized carbons (Fsp3) is 0.321. The SMILES string of the molecule is CCN1CCN(C(=O)c2ccc(CN3C(=O)COc4ccc(C(=O)COc5ccccc5)cc43)o2)CC1. The van der Waals surface area contributed by atoms with Gasteiger partial charge in [0, 0.05) is 31.7 Å². The predicted molar refractivity (Wildman–Crippen MR) is 136 cm³/mol. The first-order valence-electron chi connectivity index (χ1n) is 12.4. The Balaban J connectivity index is 1.28. The van der Waals surface area contributed by atoms with Crippen molar-refractivity contribution in [2.75, 3.05) is 50.8 Å². The molecule has 2 aromatic carbocycles. The summed E-state index contributed by atoms with van der Waals surface area (Å²) in [4.78, 5) is 44.1. The third-order valence-electron chi connectivity index (χ3n) is 6.63. The number of carbonyl (C=O) groups excluding carboxylic acids is 3. The number of para-hydroxylation sites is 1. The third-order valence-corrected chi connectivity index (χ3v) is 6.63. The molecule has 0 bridgehead atoms. The molecule has 0 spiro atoms. The van der Waals surface area contributed by atoms with Crippen molar-refractivity contribution in [2.45, 2.75) is 13.5 Å². The van der Waals surface area contributed by atoms with E-state index in [-0.39, 0.29) is 43.1 Å². The van der Waals surface area contributed by atoms with Crippen molar-refractivity contribution in [1.29, 1.82) is 0 Å². The zero-order valence-electron chi connectivity index (χ0n) is 20.7. The van der Waals surface area contributed by atoms with E-state index >= 15 is 0 Å². The molecule has 5 rings (SSSR count). The summed E-state index contributed by atoms with van der Waals surface area (Å²) in [6, 6.07) is 17.4. The van der Waals surface area contributed by atoms with Crippen molar-refractivity contribution >= 4 is 23.3 Å². The average Bonchev–Trinajstić information content (AvgIpc) is 3.42. The number of carbonyl (C=O) groups is 3. The van der Waals surface area contributed by atoms with Crippen LogP contribution in [0.5, 0.6) is 11.5 Å². The Kier molecular flexibility index (Phi) is 7.23. The second-order valence-corrected chi connectivity index (χ2v) is 8.97. The molecule has 0 N–H and O–H groups in total. The van der Waals surface area contributed by atoms with Gasteiger partial charge in [0.15, 0.2) is 24.8 Å². The average molecular weight is 504 g/mol. The second kappa shape index (κ2) is 10.9. The highest BCUT2D eigenvalue weighted by molar-refractivity contribution is 6.02. The van der Waals surface area contributed by atoms with Gasteiger partial charge in [0.05, 0.1) is 12.2 Å². The predicted octanol–water partition coefficient (Wildman–Crippen LogP) is 3.24. The third kappa shape index (κ3) is 5.51. The number of rotatable bonds is 8. The summed E-state index contributed by atoms with van der Waals surface area (Å²) in [6.45, 7) is 5.93. The van der Waals surface area contributed by atoms with E-state index in [2.05, 4.69) is 11.8 Å². The molecular weight excluding hydrogens is 474 g/mol. The molecule has 0 aliphatic carbocycles. The van der Waals surface area contributed by atoms with Crippen molar-refractivity contribution in [3.05, 3.63) is 77.7 Å². The molecule has 0 saturated carbocycles. The Bertz CT molecular complexity index is 1280. The van der Waals surface area contributed by atoms with Crippen LogP contribution in [0.25, 0.3) is 0 Å². The van der Waals surface area contributed by atoms with E-state index in [1.165, 1.54) is 4.90 Å². The number of fused-ring (bicyclic) bond motifs is 1. The Morgan fingerprint density at radius 1 is 0.973 bits per heavy atom. The molecule has 1 aromatic heterocycles. The number of amides is 2. The minimum absolute atomic E-state index is 0.115. The van der Waals surface area contributed by atoms with Crippen LogP contribution in [-0.4, -0.2) is 73.3 Å². The summed E-state index contributed by atoms with van der Waals surface area (Å²) < 4.78 is 17.0. The highest BCUT2D eigenvalue weighted by Crippen LogP contribution is 2.34. The molecule has 2 aliphatic heterocycles. The van der Waals surface area contributed by atoms with Gasteiger partial charge in [0.25, 0.3) is 11.8 Å². The zero-order valence-corrected chi connectivity index (χ0v) is 20.7. The van der Waals surface area contributed by atoms with Gasteiger partial charge in [-0.2, -0.15) is 0 Å². The molecule has 0 radical (unpaired) electrons. The van der Waals surface area contributed by atoms with Crippen LogP contribution < -0.4 is 14.4 Å². The van der Waals surface area contributed by atoms with Gasteiger partial charge in [0.2, 0.25) is 0 Å². The molecule has 37 heavy (non-hydrogen) atoms. The quantitative estimate of drug-likeness (QED) is 0.436. The van der Waals surface area contributed by atoms with Crippen LogP contribution in [-0.2, 0) is 11.3 Å². The number of benzene rings is 2. The smallest absolute Gasteiger partial charge is 0.289 e. The van der Waals surface area contributed by atoms with Crippen molar-refractivity contribution < 1.29 is 28.3 Å². The molecule has 1 saturated heterocycles. The molecule has 2 amide bonds. The van der Waals surface area contributed by atoms with E-state index in [4.69, 9.17) is 13.9 Å². The summed E-state index contributed by atoms with van der Waals surface area (Å²) in [5, 5.41) is 0. The van der Waals surface area contributed by atoms with Gasteiger partial charge in [-0.15, -0.1) is 0 Å². The lowest BCUT2D eigenvalue weighted by atomic mass is 10.1. The molecular formula is C28H29N3O6. The Morgan fingerprint density at radius 2 is 1.76 bits per heavy atom. The first kappa shape index (κ1) is 24.6. The van der Waals surface area contributed by atoms with Crippen LogP contribution in [0, 0.1) is 0 Å². The van der Waals surface area contributed by atoms with Gasteiger partial charge in [-0.3, -0.25) is 19.3 Å². The van der Waals surface area contributed by atoms with Gasteiger partial charge in [-0.25, -0.2) is 0 Å². The number of piperazine rings is 1. The molecule has 192 valence electrons. The summed E-state index contributed by atoms with van der Waals surface area (Å²) in [5.74, 6) is 1.18. The van der Waals surface area contributed by atoms with Crippen LogP contribution >= 0.6 is 0 Å². The van der Waals surface area contributed by atoms with E-state index in [9.17, 15) is 14.4 Å². The Hall–Kier alpha value is -4.11. The van der Waals surface area contributed by atoms with Crippen molar-refractivity contribution in [1.82, 2.24) is 9.80 Å².